The van der Waals surface area contributed by atoms with Crippen LogP contribution in [0.5, 0.6) is 0 Å². The number of carbonyl (C=O) groups is 1. The van der Waals surface area contributed by atoms with E-state index in [0.29, 0.717) is 18.3 Å². The maximum absolute atomic E-state index is 12.5. The number of aromatic nitrogens is 2. The average molecular weight is 307 g/mol. The van der Waals surface area contributed by atoms with Gasteiger partial charge in [-0.15, -0.1) is 0 Å². The number of urea groups is 1. The normalized spacial score (nSPS) is 22.5. The lowest BCUT2D eigenvalue weighted by Gasteiger charge is -2.34. The number of nitrogens with zero attached hydrogens (tertiary/aromatic N) is 4. The third kappa shape index (κ3) is 4.20. The lowest BCUT2D eigenvalue weighted by molar-refractivity contribution is -0.0302. The zero-order chi connectivity index (χ0) is 15.5. The Morgan fingerprint density at radius 2 is 2.27 bits per heavy atom. The first-order valence-corrected chi connectivity index (χ1v) is 7.96. The highest BCUT2D eigenvalue weighted by molar-refractivity contribution is 5.88. The molecule has 1 saturated carbocycles. The van der Waals surface area contributed by atoms with Crippen molar-refractivity contribution < 1.29 is 9.53 Å². The molecule has 0 radical (unpaired) electrons. The number of ether oxygens (including phenoxy) is 1. The highest BCUT2D eigenvalue weighted by atomic mass is 16.5. The van der Waals surface area contributed by atoms with Crippen LogP contribution < -0.4 is 5.32 Å². The van der Waals surface area contributed by atoms with Gasteiger partial charge in [0.1, 0.15) is 0 Å². The maximum Gasteiger partial charge on any atom is 0.323 e. The van der Waals surface area contributed by atoms with Gasteiger partial charge >= 0.3 is 6.03 Å². The molecule has 0 bridgehead atoms. The van der Waals surface area contributed by atoms with Crippen LogP contribution in [0.4, 0.5) is 10.6 Å². The zero-order valence-corrected chi connectivity index (χ0v) is 13.4. The first kappa shape index (κ1) is 15.3. The molecule has 7 nitrogen and oxygen atoms in total. The van der Waals surface area contributed by atoms with E-state index in [9.17, 15) is 4.79 Å². The molecule has 1 atom stereocenters. The Balaban J connectivity index is 1.59. The summed E-state index contributed by atoms with van der Waals surface area (Å²) in [6, 6.07) is 1.72. The van der Waals surface area contributed by atoms with Crippen LogP contribution in [-0.2, 0) is 11.8 Å². The number of nitrogens with one attached hydrogen (secondary N) is 1. The third-order valence-corrected chi connectivity index (χ3v) is 4.18. The molecule has 2 fully saturated rings. The molecule has 1 aliphatic carbocycles. The van der Waals surface area contributed by atoms with Crippen LogP contribution in [0.1, 0.15) is 12.8 Å². The molecule has 2 amide bonds. The molecule has 2 aliphatic rings. The average Bonchev–Trinajstić information content (AvgIpc) is 3.20. The van der Waals surface area contributed by atoms with Crippen LogP contribution in [0.25, 0.3) is 0 Å². The second kappa shape index (κ2) is 6.66. The SMILES string of the molecule is CN1CCO[C@@H](CN(CC2CC2)C(=O)Nc2ccn(C)n2)C1. The number of hydrogen-bond acceptors (Lipinski definition) is 4. The number of anilines is 1. The molecule has 2 heterocycles. The Hall–Kier alpha value is -1.60. The first-order valence-electron chi connectivity index (χ1n) is 7.96. The lowest BCUT2D eigenvalue weighted by Crippen LogP contribution is -2.49. The second-order valence-corrected chi connectivity index (χ2v) is 6.41. The Labute approximate surface area is 131 Å². The van der Waals surface area contributed by atoms with Crippen molar-refractivity contribution in [3.05, 3.63) is 12.3 Å². The number of carbonyl (C=O) groups excluding carboxylic acids is 1. The lowest BCUT2D eigenvalue weighted by atomic mass is 10.2. The van der Waals surface area contributed by atoms with Crippen LogP contribution in [0.2, 0.25) is 0 Å². The largest absolute Gasteiger partial charge is 0.374 e. The minimum Gasteiger partial charge on any atom is -0.374 e. The number of amides is 2. The molecule has 1 aromatic heterocycles. The molecule has 0 spiro atoms. The van der Waals surface area contributed by atoms with Crippen molar-refractivity contribution >= 4 is 11.8 Å². The monoisotopic (exact) mass is 307 g/mol. The van der Waals surface area contributed by atoms with Crippen LogP contribution in [0, 0.1) is 5.92 Å². The van der Waals surface area contributed by atoms with Gasteiger partial charge in [0.05, 0.1) is 12.7 Å². The number of morpholine rings is 1. The highest BCUT2D eigenvalue weighted by Gasteiger charge is 2.30. The van der Waals surface area contributed by atoms with Crippen LogP contribution in [-0.4, -0.2) is 71.5 Å². The predicted molar refractivity (Wildman–Crippen MR) is 83.8 cm³/mol. The topological polar surface area (TPSA) is 62.6 Å². The van der Waals surface area contributed by atoms with Gasteiger partial charge < -0.3 is 14.5 Å². The maximum atomic E-state index is 12.5. The van der Waals surface area contributed by atoms with Crippen molar-refractivity contribution in [3.8, 4) is 0 Å². The summed E-state index contributed by atoms with van der Waals surface area (Å²) >= 11 is 0. The summed E-state index contributed by atoms with van der Waals surface area (Å²) in [4.78, 5) is 16.7. The smallest absolute Gasteiger partial charge is 0.323 e. The van der Waals surface area contributed by atoms with Gasteiger partial charge in [-0.25, -0.2) is 4.79 Å². The number of hydrogen-bond donors (Lipinski definition) is 1. The molecule has 0 unspecified atom stereocenters. The fourth-order valence-corrected chi connectivity index (χ4v) is 2.75. The molecule has 122 valence electrons. The summed E-state index contributed by atoms with van der Waals surface area (Å²) in [6.45, 7) is 4.01. The Morgan fingerprint density at radius 1 is 1.45 bits per heavy atom. The minimum absolute atomic E-state index is 0.0811. The fraction of sp³-hybridized carbons (Fsp3) is 0.733. The second-order valence-electron chi connectivity index (χ2n) is 6.41. The van der Waals surface area contributed by atoms with E-state index in [2.05, 4.69) is 22.4 Å². The molecular weight excluding hydrogens is 282 g/mol. The van der Waals surface area contributed by atoms with Gasteiger partial charge in [0.25, 0.3) is 0 Å². The van der Waals surface area contributed by atoms with E-state index in [0.717, 1.165) is 26.2 Å². The van der Waals surface area contributed by atoms with E-state index in [-0.39, 0.29) is 12.1 Å². The zero-order valence-electron chi connectivity index (χ0n) is 13.4. The van der Waals surface area contributed by atoms with E-state index in [1.807, 2.05) is 18.1 Å². The van der Waals surface area contributed by atoms with E-state index in [1.54, 1.807) is 10.7 Å². The van der Waals surface area contributed by atoms with Crippen molar-refractivity contribution in [3.63, 3.8) is 0 Å². The summed E-state index contributed by atoms with van der Waals surface area (Å²) in [7, 11) is 3.93. The molecule has 1 N–H and O–H groups in total. The van der Waals surface area contributed by atoms with Crippen LogP contribution in [0.15, 0.2) is 12.3 Å². The summed E-state index contributed by atoms with van der Waals surface area (Å²) < 4.78 is 7.48. The Bertz CT molecular complexity index is 514. The third-order valence-electron chi connectivity index (χ3n) is 4.18. The molecule has 3 rings (SSSR count). The number of likely N-dealkylation sites (N-methyl/N-ethyl adjacent to an activating group) is 1. The molecule has 7 heteroatoms. The molecule has 1 saturated heterocycles. The fourth-order valence-electron chi connectivity index (χ4n) is 2.75. The van der Waals surface area contributed by atoms with E-state index >= 15 is 0 Å². The van der Waals surface area contributed by atoms with E-state index in [1.165, 1.54) is 12.8 Å². The van der Waals surface area contributed by atoms with E-state index in [4.69, 9.17) is 4.74 Å². The van der Waals surface area contributed by atoms with Crippen LogP contribution in [0.3, 0.4) is 0 Å². The summed E-state index contributed by atoms with van der Waals surface area (Å²) in [5.41, 5.74) is 0. The van der Waals surface area contributed by atoms with Crippen molar-refractivity contribution in [1.29, 1.82) is 0 Å². The quantitative estimate of drug-likeness (QED) is 0.881. The molecular formula is C15H25N5O2. The van der Waals surface area contributed by atoms with Crippen molar-refractivity contribution in [2.75, 3.05) is 45.2 Å². The van der Waals surface area contributed by atoms with Gasteiger partial charge in [-0.1, -0.05) is 0 Å². The Kier molecular flexibility index (Phi) is 4.63. The highest BCUT2D eigenvalue weighted by Crippen LogP contribution is 2.30. The molecule has 1 aromatic rings. The molecule has 1 aliphatic heterocycles. The number of rotatable bonds is 5. The summed E-state index contributed by atoms with van der Waals surface area (Å²) in [6.07, 6.45) is 4.35. The van der Waals surface area contributed by atoms with Crippen molar-refractivity contribution in [2.45, 2.75) is 18.9 Å². The van der Waals surface area contributed by atoms with Crippen molar-refractivity contribution in [1.82, 2.24) is 19.6 Å². The van der Waals surface area contributed by atoms with Gasteiger partial charge in [-0.2, -0.15) is 5.10 Å². The minimum atomic E-state index is -0.0811. The first-order chi connectivity index (χ1) is 10.6. The van der Waals surface area contributed by atoms with Crippen molar-refractivity contribution in [2.24, 2.45) is 13.0 Å². The summed E-state index contributed by atoms with van der Waals surface area (Å²) in [5.74, 6) is 1.24. The molecule has 0 aromatic carbocycles. The van der Waals surface area contributed by atoms with Gasteiger partial charge in [0, 0.05) is 45.5 Å². The predicted octanol–water partition coefficient (Wildman–Crippen LogP) is 0.995. The summed E-state index contributed by atoms with van der Waals surface area (Å²) in [5, 5.41) is 7.09. The van der Waals surface area contributed by atoms with E-state index < -0.39 is 0 Å². The standard InChI is InChI=1S/C15H25N5O2/c1-18-7-8-22-13(10-18)11-20(9-12-3-4-12)15(21)16-14-5-6-19(2)17-14/h5-6,12-13H,3-4,7-11H2,1-2H3,(H,16,17,21)/t13-/m1/s1. The van der Waals surface area contributed by atoms with Gasteiger partial charge in [0.15, 0.2) is 5.82 Å². The van der Waals surface area contributed by atoms with Gasteiger partial charge in [-0.3, -0.25) is 10.00 Å². The van der Waals surface area contributed by atoms with Gasteiger partial charge in [0.2, 0.25) is 0 Å². The number of aryl methyl sites for hydroxylation is 1. The molecule has 22 heavy (non-hydrogen) atoms. The van der Waals surface area contributed by atoms with Gasteiger partial charge in [-0.05, 0) is 25.8 Å². The Morgan fingerprint density at radius 3 is 2.91 bits per heavy atom. The van der Waals surface area contributed by atoms with Crippen LogP contribution >= 0.6 is 0 Å².